The fourth-order valence-corrected chi connectivity index (χ4v) is 2.93. The summed E-state index contributed by atoms with van der Waals surface area (Å²) in [4.78, 5) is 0. The molecule has 0 saturated carbocycles. The Kier molecular flexibility index (Phi) is 5.44. The van der Waals surface area contributed by atoms with Gasteiger partial charge in [0.05, 0.1) is 5.60 Å². The van der Waals surface area contributed by atoms with Crippen LogP contribution in [0.5, 0.6) is 0 Å². The molecule has 0 amide bonds. The SMILES string of the molecule is CC(C)CCC(C)(O)CNC1CCSC1. The van der Waals surface area contributed by atoms with Gasteiger partial charge in [-0.1, -0.05) is 13.8 Å². The third kappa shape index (κ3) is 5.79. The van der Waals surface area contributed by atoms with Gasteiger partial charge in [0.25, 0.3) is 0 Å². The fourth-order valence-electron chi connectivity index (χ4n) is 1.75. The fraction of sp³-hybridized carbons (Fsp3) is 1.00. The van der Waals surface area contributed by atoms with Crippen LogP contribution < -0.4 is 5.32 Å². The average molecular weight is 231 g/mol. The van der Waals surface area contributed by atoms with Crippen molar-refractivity contribution in [2.24, 2.45) is 5.92 Å². The van der Waals surface area contributed by atoms with E-state index in [-0.39, 0.29) is 0 Å². The monoisotopic (exact) mass is 231 g/mol. The lowest BCUT2D eigenvalue weighted by atomic mass is 9.95. The van der Waals surface area contributed by atoms with Crippen LogP contribution in [0.4, 0.5) is 0 Å². The van der Waals surface area contributed by atoms with Crippen molar-refractivity contribution in [2.75, 3.05) is 18.1 Å². The summed E-state index contributed by atoms with van der Waals surface area (Å²) in [5.41, 5.74) is -0.530. The molecule has 2 atom stereocenters. The predicted octanol–water partition coefficient (Wildman–Crippen LogP) is 2.27. The highest BCUT2D eigenvalue weighted by molar-refractivity contribution is 7.99. The van der Waals surface area contributed by atoms with Gasteiger partial charge >= 0.3 is 0 Å². The van der Waals surface area contributed by atoms with E-state index in [9.17, 15) is 5.11 Å². The zero-order chi connectivity index (χ0) is 11.3. The highest BCUT2D eigenvalue weighted by Gasteiger charge is 2.23. The minimum Gasteiger partial charge on any atom is -0.389 e. The summed E-state index contributed by atoms with van der Waals surface area (Å²) in [5.74, 6) is 3.16. The number of hydrogen-bond acceptors (Lipinski definition) is 3. The van der Waals surface area contributed by atoms with E-state index in [1.54, 1.807) is 0 Å². The van der Waals surface area contributed by atoms with Gasteiger partial charge < -0.3 is 10.4 Å². The van der Waals surface area contributed by atoms with E-state index in [0.717, 1.165) is 19.4 Å². The molecule has 3 heteroatoms. The number of rotatable bonds is 6. The van der Waals surface area contributed by atoms with E-state index >= 15 is 0 Å². The van der Waals surface area contributed by atoms with Crippen LogP contribution in [0.25, 0.3) is 0 Å². The first kappa shape index (κ1) is 13.3. The molecule has 2 unspecified atom stereocenters. The maximum Gasteiger partial charge on any atom is 0.0743 e. The Labute approximate surface area is 98.2 Å². The van der Waals surface area contributed by atoms with Crippen LogP contribution in [0, 0.1) is 5.92 Å². The predicted molar refractivity (Wildman–Crippen MR) is 68.4 cm³/mol. The summed E-state index contributed by atoms with van der Waals surface area (Å²) in [6.45, 7) is 7.10. The standard InChI is InChI=1S/C12H25NOS/c1-10(2)4-6-12(3,14)9-13-11-5-7-15-8-11/h10-11,13-14H,4-9H2,1-3H3. The molecule has 0 spiro atoms. The van der Waals surface area contributed by atoms with Crippen molar-refractivity contribution in [3.63, 3.8) is 0 Å². The molecule has 1 saturated heterocycles. The van der Waals surface area contributed by atoms with Crippen LogP contribution in [0.1, 0.15) is 40.0 Å². The summed E-state index contributed by atoms with van der Waals surface area (Å²) in [7, 11) is 0. The second-order valence-corrected chi connectivity index (χ2v) is 6.52. The molecule has 15 heavy (non-hydrogen) atoms. The Morgan fingerprint density at radius 1 is 1.53 bits per heavy atom. The molecule has 0 aromatic carbocycles. The van der Waals surface area contributed by atoms with Gasteiger partial charge in [-0.05, 0) is 37.9 Å². The maximum absolute atomic E-state index is 10.2. The lowest BCUT2D eigenvalue weighted by molar-refractivity contribution is 0.0433. The highest BCUT2D eigenvalue weighted by Crippen LogP contribution is 2.19. The number of hydrogen-bond donors (Lipinski definition) is 2. The summed E-state index contributed by atoms with van der Waals surface area (Å²) in [5, 5.41) is 13.6. The minimum atomic E-state index is -0.530. The number of thioether (sulfide) groups is 1. The van der Waals surface area contributed by atoms with Gasteiger partial charge in [-0.2, -0.15) is 11.8 Å². The topological polar surface area (TPSA) is 32.3 Å². The molecule has 1 aliphatic rings. The van der Waals surface area contributed by atoms with Crippen LogP contribution in [0.3, 0.4) is 0 Å². The Bertz CT molecular complexity index is 176. The van der Waals surface area contributed by atoms with Gasteiger partial charge in [0.1, 0.15) is 0 Å². The van der Waals surface area contributed by atoms with E-state index in [1.165, 1.54) is 17.9 Å². The smallest absolute Gasteiger partial charge is 0.0743 e. The number of nitrogens with one attached hydrogen (secondary N) is 1. The molecule has 90 valence electrons. The van der Waals surface area contributed by atoms with E-state index in [4.69, 9.17) is 0 Å². The molecule has 0 bridgehead atoms. The van der Waals surface area contributed by atoms with Gasteiger partial charge in [-0.15, -0.1) is 0 Å². The molecular weight excluding hydrogens is 206 g/mol. The van der Waals surface area contributed by atoms with Crippen LogP contribution in [-0.4, -0.2) is 34.8 Å². The summed E-state index contributed by atoms with van der Waals surface area (Å²) in [6, 6.07) is 0.625. The van der Waals surface area contributed by atoms with Crippen molar-refractivity contribution in [1.29, 1.82) is 0 Å². The first-order valence-electron chi connectivity index (χ1n) is 6.03. The summed E-state index contributed by atoms with van der Waals surface area (Å²) < 4.78 is 0. The lowest BCUT2D eigenvalue weighted by Crippen LogP contribution is -2.42. The third-order valence-corrected chi connectivity index (χ3v) is 4.12. The van der Waals surface area contributed by atoms with E-state index in [2.05, 4.69) is 19.2 Å². The first-order valence-corrected chi connectivity index (χ1v) is 7.18. The zero-order valence-electron chi connectivity index (χ0n) is 10.3. The van der Waals surface area contributed by atoms with Crippen molar-refractivity contribution in [1.82, 2.24) is 5.32 Å². The molecule has 0 radical (unpaired) electrons. The zero-order valence-corrected chi connectivity index (χ0v) is 11.1. The van der Waals surface area contributed by atoms with Crippen LogP contribution in [0.2, 0.25) is 0 Å². The summed E-state index contributed by atoms with van der Waals surface area (Å²) >= 11 is 2.01. The van der Waals surface area contributed by atoms with E-state index in [1.807, 2.05) is 18.7 Å². The quantitative estimate of drug-likeness (QED) is 0.735. The molecule has 0 aliphatic carbocycles. The van der Waals surface area contributed by atoms with Crippen molar-refractivity contribution >= 4 is 11.8 Å². The van der Waals surface area contributed by atoms with Crippen molar-refractivity contribution in [2.45, 2.75) is 51.7 Å². The largest absolute Gasteiger partial charge is 0.389 e. The number of aliphatic hydroxyl groups is 1. The Morgan fingerprint density at radius 2 is 2.27 bits per heavy atom. The molecule has 1 aliphatic heterocycles. The molecule has 1 rings (SSSR count). The van der Waals surface area contributed by atoms with Crippen LogP contribution in [0.15, 0.2) is 0 Å². The van der Waals surface area contributed by atoms with Gasteiger partial charge in [0.2, 0.25) is 0 Å². The Hall–Kier alpha value is 0.270. The third-order valence-electron chi connectivity index (χ3n) is 2.96. The molecule has 1 heterocycles. The maximum atomic E-state index is 10.2. The summed E-state index contributed by atoms with van der Waals surface area (Å²) in [6.07, 6.45) is 3.26. The molecule has 1 fully saturated rings. The van der Waals surface area contributed by atoms with Gasteiger partial charge in [-0.25, -0.2) is 0 Å². The van der Waals surface area contributed by atoms with Crippen LogP contribution in [-0.2, 0) is 0 Å². The van der Waals surface area contributed by atoms with Crippen molar-refractivity contribution in [3.05, 3.63) is 0 Å². The van der Waals surface area contributed by atoms with Gasteiger partial charge in [0, 0.05) is 18.3 Å². The minimum absolute atomic E-state index is 0.530. The first-order chi connectivity index (χ1) is 6.99. The normalized spacial score (nSPS) is 25.8. The second kappa shape index (κ2) is 6.12. The molecule has 0 aromatic rings. The second-order valence-electron chi connectivity index (χ2n) is 5.37. The van der Waals surface area contributed by atoms with Gasteiger partial charge in [0.15, 0.2) is 0 Å². The molecule has 2 N–H and O–H groups in total. The molecule has 0 aromatic heterocycles. The van der Waals surface area contributed by atoms with E-state index < -0.39 is 5.60 Å². The van der Waals surface area contributed by atoms with Crippen molar-refractivity contribution < 1.29 is 5.11 Å². The molecular formula is C12H25NOS. The lowest BCUT2D eigenvalue weighted by Gasteiger charge is -2.26. The van der Waals surface area contributed by atoms with E-state index in [0.29, 0.717) is 12.0 Å². The Balaban J connectivity index is 2.16. The van der Waals surface area contributed by atoms with Crippen molar-refractivity contribution in [3.8, 4) is 0 Å². The average Bonchev–Trinajstić information content (AvgIpc) is 2.65. The highest BCUT2D eigenvalue weighted by atomic mass is 32.2. The Morgan fingerprint density at radius 3 is 2.80 bits per heavy atom. The molecule has 2 nitrogen and oxygen atoms in total. The van der Waals surface area contributed by atoms with Crippen LogP contribution >= 0.6 is 11.8 Å². The van der Waals surface area contributed by atoms with Gasteiger partial charge in [-0.3, -0.25) is 0 Å².